The molecule has 1 fully saturated rings. The fourth-order valence-corrected chi connectivity index (χ4v) is 2.23. The minimum absolute atomic E-state index is 0.162. The van der Waals surface area contributed by atoms with Gasteiger partial charge in [0, 0.05) is 33.8 Å². The van der Waals surface area contributed by atoms with Crippen molar-refractivity contribution in [3.63, 3.8) is 0 Å². The van der Waals surface area contributed by atoms with Crippen molar-refractivity contribution in [3.05, 3.63) is 35.1 Å². The highest BCUT2D eigenvalue weighted by atomic mass is 19.1. The van der Waals surface area contributed by atoms with Crippen LogP contribution in [0.1, 0.15) is 29.9 Å². The van der Waals surface area contributed by atoms with Crippen LogP contribution < -0.4 is 0 Å². The van der Waals surface area contributed by atoms with Gasteiger partial charge in [0.2, 0.25) is 0 Å². The van der Waals surface area contributed by atoms with Gasteiger partial charge in [-0.2, -0.15) is 0 Å². The Morgan fingerprint density at radius 3 is 2.37 bits per heavy atom. The largest absolute Gasteiger partial charge is 0.349 e. The fourth-order valence-electron chi connectivity index (χ4n) is 2.23. The molecule has 2 rings (SSSR count). The molecule has 0 atom stereocenters. The molecule has 19 heavy (non-hydrogen) atoms. The Morgan fingerprint density at radius 2 is 1.84 bits per heavy atom. The van der Waals surface area contributed by atoms with Gasteiger partial charge >= 0.3 is 0 Å². The summed E-state index contributed by atoms with van der Waals surface area (Å²) in [5.41, 5.74) is 1.94. The highest BCUT2D eigenvalue weighted by molar-refractivity contribution is 5.79. The third kappa shape index (κ3) is 3.46. The summed E-state index contributed by atoms with van der Waals surface area (Å²) in [6, 6.07) is 5.45. The number of nitrogens with zero attached hydrogens (tertiary/aromatic N) is 3. The second-order valence-electron chi connectivity index (χ2n) is 5.53. The number of guanidine groups is 1. The van der Waals surface area contributed by atoms with E-state index in [9.17, 15) is 4.39 Å². The first kappa shape index (κ1) is 13.8. The summed E-state index contributed by atoms with van der Waals surface area (Å²) in [5.74, 6) is 1.33. The molecule has 0 spiro atoms. The Balaban J connectivity index is 2.17. The number of rotatable bonds is 3. The van der Waals surface area contributed by atoms with Crippen LogP contribution >= 0.6 is 0 Å². The van der Waals surface area contributed by atoms with Gasteiger partial charge in [0.05, 0.1) is 6.54 Å². The van der Waals surface area contributed by atoms with Crippen molar-refractivity contribution in [2.75, 3.05) is 28.2 Å². The molecule has 3 nitrogen and oxygen atoms in total. The van der Waals surface area contributed by atoms with E-state index in [-0.39, 0.29) is 5.82 Å². The van der Waals surface area contributed by atoms with E-state index in [0.29, 0.717) is 18.0 Å². The number of halogens is 1. The molecule has 0 radical (unpaired) electrons. The van der Waals surface area contributed by atoms with Crippen LogP contribution in [0.2, 0.25) is 0 Å². The molecule has 0 bridgehead atoms. The molecule has 1 aliphatic carbocycles. The lowest BCUT2D eigenvalue weighted by molar-refractivity contribution is 0.478. The highest BCUT2D eigenvalue weighted by Crippen LogP contribution is 2.40. The van der Waals surface area contributed by atoms with Crippen LogP contribution in [0.5, 0.6) is 0 Å². The Hall–Kier alpha value is -1.58. The predicted molar refractivity (Wildman–Crippen MR) is 76.9 cm³/mol. The lowest BCUT2D eigenvalue weighted by atomic mass is 10.1. The van der Waals surface area contributed by atoms with Crippen LogP contribution in [-0.2, 0) is 6.54 Å². The molecule has 0 amide bonds. The summed E-state index contributed by atoms with van der Waals surface area (Å²) in [7, 11) is 7.76. The second-order valence-corrected chi connectivity index (χ2v) is 5.53. The molecule has 0 unspecified atom stereocenters. The molecule has 0 heterocycles. The third-order valence-corrected chi connectivity index (χ3v) is 3.31. The lowest BCUT2D eigenvalue weighted by Crippen LogP contribution is -2.35. The monoisotopic (exact) mass is 263 g/mol. The van der Waals surface area contributed by atoms with Crippen LogP contribution in [0.4, 0.5) is 4.39 Å². The molecule has 0 aromatic heterocycles. The zero-order chi connectivity index (χ0) is 14.0. The Labute approximate surface area is 114 Å². The SMILES string of the molecule is CN(C)C(=NCc1cc(C2CC2)ccc1F)N(C)C. The maximum Gasteiger partial charge on any atom is 0.195 e. The lowest BCUT2D eigenvalue weighted by Gasteiger charge is -2.22. The van der Waals surface area contributed by atoms with Crippen molar-refractivity contribution in [2.45, 2.75) is 25.3 Å². The Bertz CT molecular complexity index is 466. The van der Waals surface area contributed by atoms with Crippen LogP contribution in [-0.4, -0.2) is 44.0 Å². The quantitative estimate of drug-likeness (QED) is 0.617. The molecule has 4 heteroatoms. The number of benzene rings is 1. The van der Waals surface area contributed by atoms with Crippen LogP contribution in [0.25, 0.3) is 0 Å². The summed E-state index contributed by atoms with van der Waals surface area (Å²) < 4.78 is 13.8. The van der Waals surface area contributed by atoms with Gasteiger partial charge in [-0.05, 0) is 30.4 Å². The van der Waals surface area contributed by atoms with Crippen molar-refractivity contribution >= 4 is 5.96 Å². The maximum atomic E-state index is 13.8. The number of hydrogen-bond donors (Lipinski definition) is 0. The minimum Gasteiger partial charge on any atom is -0.349 e. The number of hydrogen-bond acceptors (Lipinski definition) is 1. The van der Waals surface area contributed by atoms with E-state index in [0.717, 1.165) is 5.96 Å². The van der Waals surface area contributed by atoms with Gasteiger partial charge in [-0.1, -0.05) is 12.1 Å². The summed E-state index contributed by atoms with van der Waals surface area (Å²) in [5, 5.41) is 0. The molecular formula is C15H22FN3. The third-order valence-electron chi connectivity index (χ3n) is 3.31. The summed E-state index contributed by atoms with van der Waals surface area (Å²) in [4.78, 5) is 8.37. The average Bonchev–Trinajstić information content (AvgIpc) is 3.14. The van der Waals surface area contributed by atoms with E-state index in [1.165, 1.54) is 18.4 Å². The molecule has 1 aromatic rings. The Kier molecular flexibility index (Phi) is 4.08. The molecular weight excluding hydrogens is 241 g/mol. The standard InChI is InChI=1S/C15H22FN3/c1-18(2)15(19(3)4)17-10-13-9-12(11-5-6-11)7-8-14(13)16/h7-9,11H,5-6,10H2,1-4H3. The van der Waals surface area contributed by atoms with Gasteiger partial charge in [0.15, 0.2) is 5.96 Å². The molecule has 1 saturated carbocycles. The van der Waals surface area contributed by atoms with Crippen molar-refractivity contribution in [1.82, 2.24) is 9.80 Å². The maximum absolute atomic E-state index is 13.8. The second kappa shape index (κ2) is 5.59. The minimum atomic E-state index is -0.162. The van der Waals surface area contributed by atoms with Crippen LogP contribution in [0.3, 0.4) is 0 Å². The predicted octanol–water partition coefficient (Wildman–Crippen LogP) is 2.68. The van der Waals surface area contributed by atoms with Gasteiger partial charge in [0.25, 0.3) is 0 Å². The van der Waals surface area contributed by atoms with E-state index in [1.54, 1.807) is 6.07 Å². The van der Waals surface area contributed by atoms with Crippen molar-refractivity contribution in [3.8, 4) is 0 Å². The van der Waals surface area contributed by atoms with E-state index in [2.05, 4.69) is 4.99 Å². The summed E-state index contributed by atoms with van der Waals surface area (Å²) in [6.45, 7) is 0.387. The normalized spacial score (nSPS) is 14.2. The van der Waals surface area contributed by atoms with Crippen molar-refractivity contribution < 1.29 is 4.39 Å². The molecule has 1 aromatic carbocycles. The molecule has 0 aliphatic heterocycles. The average molecular weight is 263 g/mol. The topological polar surface area (TPSA) is 18.8 Å². The van der Waals surface area contributed by atoms with Gasteiger partial charge < -0.3 is 9.80 Å². The molecule has 0 saturated heterocycles. The first-order valence-corrected chi connectivity index (χ1v) is 6.66. The summed E-state index contributed by atoms with van der Waals surface area (Å²) >= 11 is 0. The van der Waals surface area contributed by atoms with E-state index < -0.39 is 0 Å². The molecule has 104 valence electrons. The number of aliphatic imine (C=N–C) groups is 1. The van der Waals surface area contributed by atoms with E-state index in [1.807, 2.05) is 50.1 Å². The first-order chi connectivity index (χ1) is 8.99. The summed E-state index contributed by atoms with van der Waals surface area (Å²) in [6.07, 6.45) is 2.46. The smallest absolute Gasteiger partial charge is 0.195 e. The van der Waals surface area contributed by atoms with Crippen molar-refractivity contribution in [2.24, 2.45) is 4.99 Å². The van der Waals surface area contributed by atoms with Gasteiger partial charge in [-0.3, -0.25) is 0 Å². The Morgan fingerprint density at radius 1 is 1.21 bits per heavy atom. The first-order valence-electron chi connectivity index (χ1n) is 6.66. The van der Waals surface area contributed by atoms with Gasteiger partial charge in [-0.15, -0.1) is 0 Å². The fraction of sp³-hybridized carbons (Fsp3) is 0.533. The van der Waals surface area contributed by atoms with Gasteiger partial charge in [-0.25, -0.2) is 9.38 Å². The zero-order valence-electron chi connectivity index (χ0n) is 12.2. The molecule has 1 aliphatic rings. The highest BCUT2D eigenvalue weighted by Gasteiger charge is 2.24. The van der Waals surface area contributed by atoms with Crippen LogP contribution in [0.15, 0.2) is 23.2 Å². The zero-order valence-corrected chi connectivity index (χ0v) is 12.2. The molecule has 0 N–H and O–H groups in total. The van der Waals surface area contributed by atoms with E-state index in [4.69, 9.17) is 0 Å². The van der Waals surface area contributed by atoms with Gasteiger partial charge in [0.1, 0.15) is 5.82 Å². The van der Waals surface area contributed by atoms with E-state index >= 15 is 0 Å². The van der Waals surface area contributed by atoms with Crippen LogP contribution in [0, 0.1) is 5.82 Å². The van der Waals surface area contributed by atoms with Crippen molar-refractivity contribution in [1.29, 1.82) is 0 Å².